The van der Waals surface area contributed by atoms with Crippen LogP contribution < -0.4 is 0 Å². The number of piperidine rings is 1. The zero-order chi connectivity index (χ0) is 8.60. The van der Waals surface area contributed by atoms with E-state index < -0.39 is 0 Å². The SMILES string of the molecule is CC(=O)OC12CCCN(CC1)C2. The molecule has 2 bridgehead atoms. The van der Waals surface area contributed by atoms with Crippen LogP contribution in [0, 0.1) is 0 Å². The maximum absolute atomic E-state index is 10.9. The van der Waals surface area contributed by atoms with Gasteiger partial charge >= 0.3 is 5.97 Å². The molecule has 0 aromatic heterocycles. The summed E-state index contributed by atoms with van der Waals surface area (Å²) in [6, 6.07) is 0. The van der Waals surface area contributed by atoms with Gasteiger partial charge in [-0.05, 0) is 19.4 Å². The Labute approximate surface area is 72.7 Å². The molecule has 3 heteroatoms. The van der Waals surface area contributed by atoms with Gasteiger partial charge in [0, 0.05) is 26.4 Å². The second-order valence-corrected chi connectivity index (χ2v) is 3.91. The third-order valence-electron chi connectivity index (χ3n) is 2.86. The van der Waals surface area contributed by atoms with Crippen molar-refractivity contribution in [2.75, 3.05) is 19.6 Å². The average molecular weight is 169 g/mol. The van der Waals surface area contributed by atoms with Gasteiger partial charge < -0.3 is 4.74 Å². The van der Waals surface area contributed by atoms with Crippen LogP contribution in [0.3, 0.4) is 0 Å². The lowest BCUT2D eigenvalue weighted by Crippen LogP contribution is -2.42. The van der Waals surface area contributed by atoms with Crippen LogP contribution in [-0.2, 0) is 9.53 Å². The summed E-state index contributed by atoms with van der Waals surface area (Å²) in [5.74, 6) is -0.126. The van der Waals surface area contributed by atoms with Crippen molar-refractivity contribution in [3.05, 3.63) is 0 Å². The van der Waals surface area contributed by atoms with Crippen LogP contribution in [0.25, 0.3) is 0 Å². The summed E-state index contributed by atoms with van der Waals surface area (Å²) >= 11 is 0. The predicted octanol–water partition coefficient (Wildman–Crippen LogP) is 0.788. The Kier molecular flexibility index (Phi) is 1.83. The van der Waals surface area contributed by atoms with Gasteiger partial charge in [0.1, 0.15) is 5.60 Å². The number of hydrogen-bond acceptors (Lipinski definition) is 3. The summed E-state index contributed by atoms with van der Waals surface area (Å²) in [7, 11) is 0. The summed E-state index contributed by atoms with van der Waals surface area (Å²) in [4.78, 5) is 13.2. The van der Waals surface area contributed by atoms with Gasteiger partial charge in [0.05, 0.1) is 0 Å². The van der Waals surface area contributed by atoms with Gasteiger partial charge in [-0.15, -0.1) is 0 Å². The van der Waals surface area contributed by atoms with E-state index >= 15 is 0 Å². The van der Waals surface area contributed by atoms with E-state index in [2.05, 4.69) is 4.90 Å². The van der Waals surface area contributed by atoms with E-state index in [0.717, 1.165) is 25.9 Å². The molecule has 2 aliphatic heterocycles. The molecule has 0 aromatic rings. The van der Waals surface area contributed by atoms with Gasteiger partial charge in [0.25, 0.3) is 0 Å². The third kappa shape index (κ3) is 1.33. The molecule has 2 fully saturated rings. The minimum Gasteiger partial charge on any atom is -0.458 e. The molecule has 2 rings (SSSR count). The highest BCUT2D eigenvalue weighted by Gasteiger charge is 2.43. The molecule has 0 N–H and O–H groups in total. The zero-order valence-electron chi connectivity index (χ0n) is 7.51. The average Bonchev–Trinajstić information content (AvgIpc) is 2.25. The molecule has 2 aliphatic rings. The molecule has 0 saturated carbocycles. The summed E-state index contributed by atoms with van der Waals surface area (Å²) < 4.78 is 5.39. The van der Waals surface area contributed by atoms with E-state index in [4.69, 9.17) is 4.74 Å². The largest absolute Gasteiger partial charge is 0.458 e. The van der Waals surface area contributed by atoms with Gasteiger partial charge in [-0.2, -0.15) is 0 Å². The second-order valence-electron chi connectivity index (χ2n) is 3.91. The van der Waals surface area contributed by atoms with Crippen molar-refractivity contribution in [3.63, 3.8) is 0 Å². The molecule has 0 spiro atoms. The number of rotatable bonds is 1. The molecule has 2 heterocycles. The summed E-state index contributed by atoms with van der Waals surface area (Å²) in [6.07, 6.45) is 3.27. The van der Waals surface area contributed by atoms with Crippen LogP contribution >= 0.6 is 0 Å². The quantitative estimate of drug-likeness (QED) is 0.543. The normalized spacial score (nSPS) is 39.6. The van der Waals surface area contributed by atoms with E-state index in [1.54, 1.807) is 0 Å². The highest BCUT2D eigenvalue weighted by Crippen LogP contribution is 2.34. The number of carbonyl (C=O) groups is 1. The number of ether oxygens (including phenoxy) is 1. The standard InChI is InChI=1S/C9H15NO2/c1-8(11)12-9-3-2-5-10(7-9)6-4-9/h2-7H2,1H3. The molecule has 2 unspecified atom stereocenters. The molecule has 2 atom stereocenters. The molecule has 0 aliphatic carbocycles. The van der Waals surface area contributed by atoms with Crippen molar-refractivity contribution >= 4 is 5.97 Å². The molecule has 3 nitrogen and oxygen atoms in total. The molecule has 12 heavy (non-hydrogen) atoms. The Balaban J connectivity index is 2.05. The minimum absolute atomic E-state index is 0.107. The van der Waals surface area contributed by atoms with Crippen molar-refractivity contribution in [2.24, 2.45) is 0 Å². The van der Waals surface area contributed by atoms with E-state index in [1.807, 2.05) is 0 Å². The fourth-order valence-corrected chi connectivity index (χ4v) is 2.39. The first-order valence-electron chi connectivity index (χ1n) is 4.62. The molecule has 2 saturated heterocycles. The highest BCUT2D eigenvalue weighted by atomic mass is 16.6. The summed E-state index contributed by atoms with van der Waals surface area (Å²) in [5.41, 5.74) is -0.107. The van der Waals surface area contributed by atoms with Crippen LogP contribution in [0.1, 0.15) is 26.2 Å². The highest BCUT2D eigenvalue weighted by molar-refractivity contribution is 5.66. The molecule has 0 radical (unpaired) electrons. The zero-order valence-corrected chi connectivity index (χ0v) is 7.51. The smallest absolute Gasteiger partial charge is 0.303 e. The lowest BCUT2D eigenvalue weighted by atomic mass is 9.95. The van der Waals surface area contributed by atoms with Crippen LogP contribution in [0.15, 0.2) is 0 Å². The number of nitrogens with zero attached hydrogens (tertiary/aromatic N) is 1. The van der Waals surface area contributed by atoms with Crippen molar-refractivity contribution in [1.82, 2.24) is 4.90 Å². The van der Waals surface area contributed by atoms with Crippen molar-refractivity contribution < 1.29 is 9.53 Å². The number of esters is 1. The van der Waals surface area contributed by atoms with Gasteiger partial charge in [0.15, 0.2) is 0 Å². The first-order chi connectivity index (χ1) is 5.70. The van der Waals surface area contributed by atoms with Crippen molar-refractivity contribution in [3.8, 4) is 0 Å². The van der Waals surface area contributed by atoms with Gasteiger partial charge in [-0.3, -0.25) is 9.69 Å². The first-order valence-corrected chi connectivity index (χ1v) is 4.62. The fraction of sp³-hybridized carbons (Fsp3) is 0.889. The van der Waals surface area contributed by atoms with Gasteiger partial charge in [-0.1, -0.05) is 0 Å². The monoisotopic (exact) mass is 169 g/mol. The fourth-order valence-electron chi connectivity index (χ4n) is 2.39. The van der Waals surface area contributed by atoms with Crippen LogP contribution in [0.2, 0.25) is 0 Å². The molecule has 0 aromatic carbocycles. The lowest BCUT2D eigenvalue weighted by molar-refractivity contribution is -0.157. The maximum atomic E-state index is 10.9. The van der Waals surface area contributed by atoms with E-state index in [0.29, 0.717) is 0 Å². The van der Waals surface area contributed by atoms with Crippen LogP contribution in [0.5, 0.6) is 0 Å². The second kappa shape index (κ2) is 2.73. The Morgan fingerprint density at radius 2 is 2.25 bits per heavy atom. The number of carbonyl (C=O) groups excluding carboxylic acids is 1. The first kappa shape index (κ1) is 8.05. The Bertz CT molecular complexity index is 201. The summed E-state index contributed by atoms with van der Waals surface area (Å²) in [5, 5.41) is 0. The van der Waals surface area contributed by atoms with E-state index in [1.165, 1.54) is 19.9 Å². The van der Waals surface area contributed by atoms with E-state index in [9.17, 15) is 4.79 Å². The van der Waals surface area contributed by atoms with Crippen LogP contribution in [-0.4, -0.2) is 36.1 Å². The van der Waals surface area contributed by atoms with Gasteiger partial charge in [0.2, 0.25) is 0 Å². The van der Waals surface area contributed by atoms with Gasteiger partial charge in [-0.25, -0.2) is 0 Å². The maximum Gasteiger partial charge on any atom is 0.303 e. The molecular weight excluding hydrogens is 154 g/mol. The summed E-state index contributed by atoms with van der Waals surface area (Å²) in [6.45, 7) is 4.76. The van der Waals surface area contributed by atoms with Crippen molar-refractivity contribution in [2.45, 2.75) is 31.8 Å². The van der Waals surface area contributed by atoms with Crippen molar-refractivity contribution in [1.29, 1.82) is 0 Å². The Morgan fingerprint density at radius 3 is 3.00 bits per heavy atom. The Hall–Kier alpha value is -0.570. The lowest BCUT2D eigenvalue weighted by Gasteiger charge is -2.33. The third-order valence-corrected chi connectivity index (χ3v) is 2.86. The molecular formula is C9H15NO2. The number of hydrogen-bond donors (Lipinski definition) is 0. The Morgan fingerprint density at radius 1 is 1.42 bits per heavy atom. The van der Waals surface area contributed by atoms with Crippen LogP contribution in [0.4, 0.5) is 0 Å². The molecule has 68 valence electrons. The number of fused-ring (bicyclic) bond motifs is 2. The van der Waals surface area contributed by atoms with E-state index in [-0.39, 0.29) is 11.6 Å². The minimum atomic E-state index is -0.126. The predicted molar refractivity (Wildman–Crippen MR) is 44.8 cm³/mol. The molecule has 0 amide bonds. The topological polar surface area (TPSA) is 29.5 Å².